The van der Waals surface area contributed by atoms with Gasteiger partial charge in [-0.2, -0.15) is 17.6 Å². The van der Waals surface area contributed by atoms with Gasteiger partial charge in [0.25, 0.3) is 0 Å². The molecule has 3 fully saturated rings. The molecule has 7 rings (SSSR count). The van der Waals surface area contributed by atoms with Crippen LogP contribution in [0.15, 0.2) is 73.1 Å². The van der Waals surface area contributed by atoms with Crippen LogP contribution in [0.25, 0.3) is 0 Å². The summed E-state index contributed by atoms with van der Waals surface area (Å²) in [6.45, 7) is -4.85. The zero-order valence-corrected chi connectivity index (χ0v) is 29.7. The zero-order chi connectivity index (χ0) is 38.7. The van der Waals surface area contributed by atoms with E-state index in [2.05, 4.69) is 14.4 Å². The molecule has 0 unspecified atom stereocenters. The van der Waals surface area contributed by atoms with Crippen molar-refractivity contribution < 1.29 is 60.8 Å². The fourth-order valence-electron chi connectivity index (χ4n) is 6.99. The maximum Gasteiger partial charge on any atom is 0.415 e. The van der Waals surface area contributed by atoms with Crippen molar-refractivity contribution in [1.29, 1.82) is 0 Å². The van der Waals surface area contributed by atoms with E-state index in [0.717, 1.165) is 55.4 Å². The minimum absolute atomic E-state index is 0.00914. The molecular formula is C37H32Cl2F5N3O7. The number of aromatic nitrogens is 1. The predicted molar refractivity (Wildman–Crippen MR) is 182 cm³/mol. The summed E-state index contributed by atoms with van der Waals surface area (Å²) in [5, 5.41) is 22.4. The molecule has 3 saturated heterocycles. The van der Waals surface area contributed by atoms with Gasteiger partial charge < -0.3 is 24.1 Å². The van der Waals surface area contributed by atoms with Crippen molar-refractivity contribution in [1.82, 2.24) is 4.90 Å². The first kappa shape index (κ1) is 38.9. The van der Waals surface area contributed by atoms with E-state index in [9.17, 15) is 37.5 Å². The number of aromatic carboxylic acids is 1. The lowest BCUT2D eigenvalue weighted by Crippen LogP contribution is -2.53. The fraction of sp³-hybridized carbons (Fsp3) is 0.324. The highest BCUT2D eigenvalue weighted by atomic mass is 35.5. The molecule has 3 aliphatic rings. The van der Waals surface area contributed by atoms with Crippen LogP contribution in [0, 0.1) is 11.7 Å². The van der Waals surface area contributed by atoms with Gasteiger partial charge in [0.2, 0.25) is 12.4 Å². The maximum absolute atomic E-state index is 15.3. The Morgan fingerprint density at radius 3 is 2.22 bits per heavy atom. The number of fused-ring (bicyclic) bond motifs is 3. The molecule has 1 amide bonds. The van der Waals surface area contributed by atoms with E-state index in [4.69, 9.17) is 27.9 Å². The highest BCUT2D eigenvalue weighted by Crippen LogP contribution is 2.40. The van der Waals surface area contributed by atoms with E-state index in [1.54, 1.807) is 0 Å². The summed E-state index contributed by atoms with van der Waals surface area (Å²) in [7, 11) is 0. The van der Waals surface area contributed by atoms with E-state index in [0.29, 0.717) is 11.3 Å². The monoisotopic (exact) mass is 795 g/mol. The second kappa shape index (κ2) is 16.7. The molecule has 10 nitrogen and oxygen atoms in total. The summed E-state index contributed by atoms with van der Waals surface area (Å²) >= 11 is 12.9. The number of piperidine rings is 3. The van der Waals surface area contributed by atoms with Crippen molar-refractivity contribution in [3.8, 4) is 11.5 Å². The molecule has 2 bridgehead atoms. The Morgan fingerprint density at radius 2 is 1.61 bits per heavy atom. The Morgan fingerprint density at radius 1 is 0.944 bits per heavy atom. The van der Waals surface area contributed by atoms with Crippen molar-refractivity contribution in [2.24, 2.45) is 5.92 Å². The predicted octanol–water partition coefficient (Wildman–Crippen LogP) is 6.84. The number of anilines is 1. The molecule has 0 spiro atoms. The molecule has 3 aromatic carbocycles. The highest BCUT2D eigenvalue weighted by Gasteiger charge is 2.38. The number of amides is 1. The lowest BCUT2D eigenvalue weighted by molar-refractivity contribution is -0.904. The third-order valence-corrected chi connectivity index (χ3v) is 10.2. The normalized spacial score (nSPS) is 18.4. The van der Waals surface area contributed by atoms with Gasteiger partial charge >= 0.3 is 19.3 Å². The van der Waals surface area contributed by atoms with E-state index < -0.39 is 54.6 Å². The fourth-order valence-corrected chi connectivity index (χ4v) is 7.60. The van der Waals surface area contributed by atoms with Crippen LogP contribution in [-0.4, -0.2) is 61.1 Å². The lowest BCUT2D eigenvalue weighted by Gasteiger charge is -2.44. The van der Waals surface area contributed by atoms with Gasteiger partial charge in [-0.1, -0.05) is 59.6 Å². The summed E-state index contributed by atoms with van der Waals surface area (Å²) in [4.78, 5) is 29.7. The Kier molecular flexibility index (Phi) is 12.0. The van der Waals surface area contributed by atoms with Crippen molar-refractivity contribution >= 4 is 41.0 Å². The van der Waals surface area contributed by atoms with E-state index in [-0.39, 0.29) is 62.4 Å². The molecule has 0 saturated carbocycles. The van der Waals surface area contributed by atoms with Gasteiger partial charge in [-0.25, -0.2) is 9.18 Å². The number of halogens is 7. The van der Waals surface area contributed by atoms with Gasteiger partial charge in [-0.3, -0.25) is 15.0 Å². The number of alkyl halides is 4. The molecule has 4 aromatic rings. The Bertz CT molecular complexity index is 2000. The van der Waals surface area contributed by atoms with E-state index in [1.807, 2.05) is 0 Å². The average Bonchev–Trinajstić information content (AvgIpc) is 3.11. The summed E-state index contributed by atoms with van der Waals surface area (Å²) in [5.41, 5.74) is 0.0451. The zero-order valence-electron chi connectivity index (χ0n) is 28.1. The topological polar surface area (TPSA) is 115 Å². The molecule has 1 N–H and O–H groups in total. The van der Waals surface area contributed by atoms with Crippen LogP contribution >= 0.6 is 23.2 Å². The van der Waals surface area contributed by atoms with Crippen molar-refractivity contribution in [2.75, 3.05) is 24.5 Å². The van der Waals surface area contributed by atoms with Crippen LogP contribution < -0.4 is 24.2 Å². The third-order valence-electron chi connectivity index (χ3n) is 9.54. The van der Waals surface area contributed by atoms with Crippen LogP contribution in [-0.2, 0) is 17.7 Å². The van der Waals surface area contributed by atoms with Gasteiger partial charge in [0.1, 0.15) is 22.0 Å². The van der Waals surface area contributed by atoms with Crippen LogP contribution in [0.2, 0.25) is 10.0 Å². The molecule has 0 aliphatic carbocycles. The van der Waals surface area contributed by atoms with E-state index in [1.165, 1.54) is 48.5 Å². The maximum atomic E-state index is 15.3. The molecule has 2 atom stereocenters. The number of carbonyl (C=O) groups excluding carboxylic acids is 2. The molecule has 0 radical (unpaired) electrons. The van der Waals surface area contributed by atoms with Crippen molar-refractivity contribution in [2.45, 2.75) is 51.1 Å². The summed E-state index contributed by atoms with van der Waals surface area (Å²) < 4.78 is 84.0. The first-order valence-electron chi connectivity index (χ1n) is 16.7. The quantitative estimate of drug-likeness (QED) is 0.0890. The second-order valence-corrected chi connectivity index (χ2v) is 13.7. The lowest BCUT2D eigenvalue weighted by atomic mass is 9.82. The van der Waals surface area contributed by atoms with Gasteiger partial charge in [0, 0.05) is 28.3 Å². The number of pyridine rings is 1. The average molecular weight is 797 g/mol. The van der Waals surface area contributed by atoms with Gasteiger partial charge in [0.15, 0.2) is 11.5 Å². The molecule has 1 aromatic heterocycles. The molecule has 4 heterocycles. The first-order chi connectivity index (χ1) is 25.8. The number of nitrogens with zero attached hydrogens (tertiary/aromatic N) is 3. The minimum Gasteiger partial charge on any atom is -0.545 e. The number of carboxylic acids is 1. The van der Waals surface area contributed by atoms with Crippen molar-refractivity contribution in [3.63, 3.8) is 0 Å². The molecule has 286 valence electrons. The number of benzene rings is 3. The number of rotatable bonds is 13. The summed E-state index contributed by atoms with van der Waals surface area (Å²) in [5.74, 6) is -4.89. The second-order valence-electron chi connectivity index (χ2n) is 12.8. The molecule has 3 aliphatic heterocycles. The van der Waals surface area contributed by atoms with Crippen LogP contribution in [0.4, 0.5) is 32.4 Å². The van der Waals surface area contributed by atoms with Crippen LogP contribution in [0.3, 0.4) is 0 Å². The highest BCUT2D eigenvalue weighted by molar-refractivity contribution is 6.35. The van der Waals surface area contributed by atoms with Crippen LogP contribution in [0.1, 0.15) is 51.4 Å². The van der Waals surface area contributed by atoms with Gasteiger partial charge in [-0.15, -0.1) is 0 Å². The summed E-state index contributed by atoms with van der Waals surface area (Å²) in [6.07, 6.45) is 2.41. The Labute approximate surface area is 315 Å². The number of hydrogen-bond donors (Lipinski definition) is 1. The van der Waals surface area contributed by atoms with E-state index >= 15 is 4.39 Å². The first-order valence-corrected chi connectivity index (χ1v) is 17.4. The Hall–Kier alpha value is -4.86. The molecule has 17 heteroatoms. The number of ether oxygens (including phenoxy) is 3. The van der Waals surface area contributed by atoms with Crippen molar-refractivity contribution in [3.05, 3.63) is 117 Å². The molecule has 54 heavy (non-hydrogen) atoms. The number of para-hydroxylation sites is 1. The third kappa shape index (κ3) is 8.91. The van der Waals surface area contributed by atoms with Gasteiger partial charge in [0.05, 0.1) is 18.2 Å². The summed E-state index contributed by atoms with van der Waals surface area (Å²) in [6, 6.07) is 12.7. The number of carboxylic acid groups (broad SMARTS) is 1. The van der Waals surface area contributed by atoms with Gasteiger partial charge in [-0.05, 0) is 79.2 Å². The standard InChI is InChI=1S/C37H32Cl2F5N3O7/c38-27-17-46(51)18-28(39)26(27)15-24(22-6-8-31(52-35(41)42)32(14-22)53-36(43)44)25-13-20(5-7-23(25)34(48)49)16-47(30-4-2-1-3-29(30)40)37(50)54-33-19-45-11-9-21(33)10-12-45/h1-8,13-14,17-18,21,24,33,35-36H,9-12,15-16,19H2,(H-,48,49,51)/t24-,33-/m0/s1. The number of carbonyl (C=O) groups is 2. The smallest absolute Gasteiger partial charge is 0.415 e. The Balaban J connectivity index is 1.45. The number of hydrogen-bond acceptors (Lipinski definition) is 8. The minimum atomic E-state index is -3.45. The molecular weight excluding hydrogens is 764 g/mol. The largest absolute Gasteiger partial charge is 0.545 e. The SMILES string of the molecule is O=C([O-])c1ccc(CN(C(=O)O[C@H]2CN3CCC2CC3)c2ccccc2F)cc1[C@@H](Cc1c(Cl)c[n+](O)cc1Cl)c1ccc(OC(F)F)c(OC(F)F)c1. The van der Waals surface area contributed by atoms with Crippen LogP contribution in [0.5, 0.6) is 11.5 Å².